The Morgan fingerprint density at radius 3 is 2.85 bits per heavy atom. The second kappa shape index (κ2) is 5.66. The molecular weight excluding hydrogens is 182 g/mol. The number of rotatable bonds is 4. The van der Waals surface area contributed by atoms with Gasteiger partial charge in [0.1, 0.15) is 5.78 Å². The lowest BCUT2D eigenvalue weighted by atomic mass is 9.99. The first kappa shape index (κ1) is 11.1. The molecule has 3 heteroatoms. The van der Waals surface area contributed by atoms with Crippen molar-refractivity contribution in [2.45, 2.75) is 30.9 Å². The molecule has 0 aromatic carbocycles. The number of ketones is 1. The quantitative estimate of drug-likeness (QED) is 0.691. The van der Waals surface area contributed by atoms with Gasteiger partial charge in [-0.15, -0.1) is 11.8 Å². The first-order chi connectivity index (χ1) is 6.20. The summed E-state index contributed by atoms with van der Waals surface area (Å²) < 4.78 is 0. The van der Waals surface area contributed by atoms with Crippen LogP contribution in [0.3, 0.4) is 0 Å². The highest BCUT2D eigenvalue weighted by molar-refractivity contribution is 8.00. The number of nitrogens with zero attached hydrogens (tertiary/aromatic N) is 1. The summed E-state index contributed by atoms with van der Waals surface area (Å²) in [5.74, 6) is 1.57. The SMILES string of the molecule is CN(C)CCSC1CCCCC1=O. The van der Waals surface area contributed by atoms with E-state index in [-0.39, 0.29) is 0 Å². The number of hydrogen-bond acceptors (Lipinski definition) is 3. The van der Waals surface area contributed by atoms with Crippen LogP contribution in [-0.2, 0) is 4.79 Å². The molecule has 0 radical (unpaired) electrons. The summed E-state index contributed by atoms with van der Waals surface area (Å²) in [6, 6.07) is 0. The Balaban J connectivity index is 2.15. The highest BCUT2D eigenvalue weighted by Gasteiger charge is 2.21. The van der Waals surface area contributed by atoms with E-state index in [1.54, 1.807) is 0 Å². The maximum Gasteiger partial charge on any atom is 0.145 e. The Labute approximate surface area is 85.1 Å². The average molecular weight is 201 g/mol. The van der Waals surface area contributed by atoms with E-state index >= 15 is 0 Å². The summed E-state index contributed by atoms with van der Waals surface area (Å²) in [5, 5.41) is 0.314. The molecular formula is C10H19NOS. The zero-order chi connectivity index (χ0) is 9.68. The van der Waals surface area contributed by atoms with Crippen LogP contribution in [0.5, 0.6) is 0 Å². The Kier molecular flexibility index (Phi) is 4.81. The molecule has 0 bridgehead atoms. The molecule has 13 heavy (non-hydrogen) atoms. The minimum absolute atomic E-state index is 0.314. The summed E-state index contributed by atoms with van der Waals surface area (Å²) in [7, 11) is 4.15. The number of carbonyl (C=O) groups excluding carboxylic acids is 1. The van der Waals surface area contributed by atoms with E-state index in [1.165, 1.54) is 6.42 Å². The molecule has 1 unspecified atom stereocenters. The molecule has 1 saturated carbocycles. The van der Waals surface area contributed by atoms with Gasteiger partial charge in [0.2, 0.25) is 0 Å². The van der Waals surface area contributed by atoms with Gasteiger partial charge in [0.25, 0.3) is 0 Å². The highest BCUT2D eigenvalue weighted by atomic mass is 32.2. The second-order valence-electron chi connectivity index (χ2n) is 3.87. The van der Waals surface area contributed by atoms with E-state index in [4.69, 9.17) is 0 Å². The first-order valence-electron chi connectivity index (χ1n) is 4.99. The van der Waals surface area contributed by atoms with Crippen molar-refractivity contribution in [1.29, 1.82) is 0 Å². The Bertz CT molecular complexity index is 170. The Hall–Kier alpha value is -0.0200. The molecule has 2 nitrogen and oxygen atoms in total. The van der Waals surface area contributed by atoms with Gasteiger partial charge in [-0.3, -0.25) is 4.79 Å². The fourth-order valence-corrected chi connectivity index (χ4v) is 2.90. The molecule has 0 spiro atoms. The van der Waals surface area contributed by atoms with Crippen molar-refractivity contribution in [3.05, 3.63) is 0 Å². The standard InChI is InChI=1S/C10H19NOS/c1-11(2)7-8-13-10-6-4-3-5-9(10)12/h10H,3-8H2,1-2H3. The van der Waals surface area contributed by atoms with Gasteiger partial charge in [0.05, 0.1) is 5.25 Å². The molecule has 0 heterocycles. The van der Waals surface area contributed by atoms with Crippen molar-refractivity contribution < 1.29 is 4.79 Å². The van der Waals surface area contributed by atoms with E-state index in [0.717, 1.165) is 31.6 Å². The van der Waals surface area contributed by atoms with E-state index in [2.05, 4.69) is 19.0 Å². The summed E-state index contributed by atoms with van der Waals surface area (Å²) in [5.41, 5.74) is 0. The number of hydrogen-bond donors (Lipinski definition) is 0. The molecule has 1 aliphatic carbocycles. The predicted octanol–water partition coefficient (Wildman–Crippen LogP) is 1.79. The molecule has 0 aromatic rings. The van der Waals surface area contributed by atoms with Crippen molar-refractivity contribution in [3.8, 4) is 0 Å². The van der Waals surface area contributed by atoms with E-state index in [9.17, 15) is 4.79 Å². The minimum atomic E-state index is 0.314. The van der Waals surface area contributed by atoms with Crippen LogP contribution in [0.2, 0.25) is 0 Å². The molecule has 1 aliphatic rings. The van der Waals surface area contributed by atoms with Gasteiger partial charge in [0, 0.05) is 18.7 Å². The van der Waals surface area contributed by atoms with Crippen molar-refractivity contribution in [2.75, 3.05) is 26.4 Å². The van der Waals surface area contributed by atoms with Crippen LogP contribution in [-0.4, -0.2) is 42.3 Å². The zero-order valence-corrected chi connectivity index (χ0v) is 9.40. The maximum absolute atomic E-state index is 11.4. The summed E-state index contributed by atoms with van der Waals surface area (Å²) in [4.78, 5) is 13.6. The topological polar surface area (TPSA) is 20.3 Å². The van der Waals surface area contributed by atoms with Gasteiger partial charge in [-0.25, -0.2) is 0 Å². The lowest BCUT2D eigenvalue weighted by Crippen LogP contribution is -2.24. The average Bonchev–Trinajstić information content (AvgIpc) is 2.08. The van der Waals surface area contributed by atoms with Gasteiger partial charge >= 0.3 is 0 Å². The van der Waals surface area contributed by atoms with Crippen molar-refractivity contribution in [2.24, 2.45) is 0 Å². The predicted molar refractivity (Wildman–Crippen MR) is 58.3 cm³/mol. The van der Waals surface area contributed by atoms with E-state index < -0.39 is 0 Å². The van der Waals surface area contributed by atoms with Crippen LogP contribution in [0.4, 0.5) is 0 Å². The van der Waals surface area contributed by atoms with Crippen LogP contribution in [0.25, 0.3) is 0 Å². The van der Waals surface area contributed by atoms with Crippen molar-refractivity contribution in [3.63, 3.8) is 0 Å². The second-order valence-corrected chi connectivity index (χ2v) is 5.19. The third-order valence-electron chi connectivity index (χ3n) is 2.36. The van der Waals surface area contributed by atoms with Crippen LogP contribution in [0.1, 0.15) is 25.7 Å². The number of carbonyl (C=O) groups is 1. The fourth-order valence-electron chi connectivity index (χ4n) is 1.50. The van der Waals surface area contributed by atoms with Crippen LogP contribution in [0, 0.1) is 0 Å². The maximum atomic E-state index is 11.4. The summed E-state index contributed by atoms with van der Waals surface area (Å²) in [6.07, 6.45) is 4.28. The number of thioether (sulfide) groups is 1. The largest absolute Gasteiger partial charge is 0.309 e. The first-order valence-corrected chi connectivity index (χ1v) is 6.04. The third kappa shape index (κ3) is 4.14. The summed E-state index contributed by atoms with van der Waals surface area (Å²) >= 11 is 1.84. The molecule has 1 fully saturated rings. The van der Waals surface area contributed by atoms with Gasteiger partial charge in [-0.05, 0) is 26.9 Å². The van der Waals surface area contributed by atoms with E-state index in [1.807, 2.05) is 11.8 Å². The van der Waals surface area contributed by atoms with Crippen LogP contribution in [0.15, 0.2) is 0 Å². The smallest absolute Gasteiger partial charge is 0.145 e. The molecule has 1 rings (SSSR count). The molecule has 1 atom stereocenters. The van der Waals surface area contributed by atoms with Gasteiger partial charge in [0.15, 0.2) is 0 Å². The van der Waals surface area contributed by atoms with Gasteiger partial charge < -0.3 is 4.90 Å². The van der Waals surface area contributed by atoms with Crippen LogP contribution < -0.4 is 0 Å². The molecule has 0 saturated heterocycles. The molecule has 0 amide bonds. The lowest BCUT2D eigenvalue weighted by Gasteiger charge is -2.20. The molecule has 0 N–H and O–H groups in total. The van der Waals surface area contributed by atoms with Gasteiger partial charge in [-0.2, -0.15) is 0 Å². The third-order valence-corrected chi connectivity index (χ3v) is 3.68. The van der Waals surface area contributed by atoms with Crippen molar-refractivity contribution >= 4 is 17.5 Å². The van der Waals surface area contributed by atoms with Crippen molar-refractivity contribution in [1.82, 2.24) is 4.90 Å². The normalized spacial score (nSPS) is 23.9. The minimum Gasteiger partial charge on any atom is -0.309 e. The highest BCUT2D eigenvalue weighted by Crippen LogP contribution is 2.25. The summed E-state index contributed by atoms with van der Waals surface area (Å²) in [6.45, 7) is 1.08. The molecule has 76 valence electrons. The fraction of sp³-hybridized carbons (Fsp3) is 0.900. The van der Waals surface area contributed by atoms with E-state index in [0.29, 0.717) is 11.0 Å². The van der Waals surface area contributed by atoms with Crippen LogP contribution >= 0.6 is 11.8 Å². The Morgan fingerprint density at radius 2 is 2.23 bits per heavy atom. The number of Topliss-reactive ketones (excluding diaryl/α,β-unsaturated/α-hetero) is 1. The van der Waals surface area contributed by atoms with Gasteiger partial charge in [-0.1, -0.05) is 6.42 Å². The Morgan fingerprint density at radius 1 is 1.46 bits per heavy atom. The monoisotopic (exact) mass is 201 g/mol. The zero-order valence-electron chi connectivity index (χ0n) is 8.58. The molecule has 0 aromatic heterocycles. The molecule has 0 aliphatic heterocycles. The lowest BCUT2D eigenvalue weighted by molar-refractivity contribution is -0.119.